The molecule has 0 amide bonds. The predicted molar refractivity (Wildman–Crippen MR) is 122 cm³/mol. The summed E-state index contributed by atoms with van der Waals surface area (Å²) in [6, 6.07) is 21.1. The number of phenols is 1. The number of nitro benzene ring substituents is 1. The SMILES string of the molecule is O=C(/C=C/c1c(-c2ccc([N+](=O)[O-])cc2)nn(-c2ccccc2)c1Cl)c1ccc(O)cc1. The highest BCUT2D eigenvalue weighted by Crippen LogP contribution is 2.33. The number of halogens is 1. The topological polar surface area (TPSA) is 98.3 Å². The molecule has 0 atom stereocenters. The standard InChI is InChI=1S/C24H16ClN3O4/c25-24-21(14-15-22(30)16-8-12-20(29)13-9-16)23(17-6-10-19(11-7-17)28(31)32)26-27(24)18-4-2-1-3-5-18/h1-15,29H/b15-14+. The number of carbonyl (C=O) groups excluding carboxylic acids is 1. The molecule has 0 spiro atoms. The molecule has 3 aromatic carbocycles. The number of nitro groups is 1. The molecule has 7 nitrogen and oxygen atoms in total. The van der Waals surface area contributed by atoms with E-state index in [-0.39, 0.29) is 17.2 Å². The van der Waals surface area contributed by atoms with Crippen molar-refractivity contribution in [3.63, 3.8) is 0 Å². The Hall–Kier alpha value is -4.23. The fourth-order valence-electron chi connectivity index (χ4n) is 3.13. The van der Waals surface area contributed by atoms with E-state index < -0.39 is 4.92 Å². The zero-order valence-corrected chi connectivity index (χ0v) is 17.3. The zero-order chi connectivity index (χ0) is 22.7. The molecule has 4 rings (SSSR count). The summed E-state index contributed by atoms with van der Waals surface area (Å²) in [5.74, 6) is -0.207. The summed E-state index contributed by atoms with van der Waals surface area (Å²) in [4.78, 5) is 23.1. The number of non-ortho nitro benzene ring substituents is 1. The number of benzene rings is 3. The summed E-state index contributed by atoms with van der Waals surface area (Å²) in [5.41, 5.74) is 2.68. The lowest BCUT2D eigenvalue weighted by Crippen LogP contribution is -1.96. The molecular weight excluding hydrogens is 430 g/mol. The normalized spacial score (nSPS) is 11.0. The van der Waals surface area contributed by atoms with Gasteiger partial charge in [0.25, 0.3) is 5.69 Å². The molecule has 158 valence electrons. The summed E-state index contributed by atoms with van der Waals surface area (Å²) in [5, 5.41) is 25.3. The van der Waals surface area contributed by atoms with Crippen LogP contribution in [0.5, 0.6) is 5.75 Å². The van der Waals surface area contributed by atoms with Crippen molar-refractivity contribution in [1.82, 2.24) is 9.78 Å². The average Bonchev–Trinajstić information content (AvgIpc) is 3.14. The maximum atomic E-state index is 12.6. The third-order valence-electron chi connectivity index (χ3n) is 4.77. The van der Waals surface area contributed by atoms with E-state index in [0.717, 1.165) is 5.69 Å². The van der Waals surface area contributed by atoms with E-state index >= 15 is 0 Å². The van der Waals surface area contributed by atoms with Gasteiger partial charge in [-0.3, -0.25) is 14.9 Å². The summed E-state index contributed by atoms with van der Waals surface area (Å²) in [6.45, 7) is 0. The molecule has 0 aliphatic carbocycles. The number of allylic oxidation sites excluding steroid dienone is 1. The zero-order valence-electron chi connectivity index (χ0n) is 16.6. The molecule has 0 unspecified atom stereocenters. The number of ketones is 1. The maximum absolute atomic E-state index is 12.6. The van der Waals surface area contributed by atoms with Gasteiger partial charge in [-0.25, -0.2) is 4.68 Å². The monoisotopic (exact) mass is 445 g/mol. The Morgan fingerprint density at radius 2 is 1.66 bits per heavy atom. The second kappa shape index (κ2) is 8.87. The minimum atomic E-state index is -0.476. The van der Waals surface area contributed by atoms with Crippen molar-refractivity contribution in [1.29, 1.82) is 0 Å². The number of phenolic OH excluding ortho intramolecular Hbond substituents is 1. The van der Waals surface area contributed by atoms with E-state index in [1.54, 1.807) is 22.9 Å². The van der Waals surface area contributed by atoms with Crippen molar-refractivity contribution in [2.45, 2.75) is 0 Å². The summed E-state index contributed by atoms with van der Waals surface area (Å²) < 4.78 is 1.54. The molecule has 8 heteroatoms. The van der Waals surface area contributed by atoms with Crippen LogP contribution in [-0.4, -0.2) is 25.6 Å². The molecule has 0 aliphatic heterocycles. The van der Waals surface area contributed by atoms with Gasteiger partial charge in [0.05, 0.1) is 10.6 Å². The molecule has 0 fully saturated rings. The molecule has 1 aromatic heterocycles. The van der Waals surface area contributed by atoms with Crippen molar-refractivity contribution in [3.05, 3.63) is 111 Å². The van der Waals surface area contributed by atoms with E-state index in [0.29, 0.717) is 27.5 Å². The van der Waals surface area contributed by atoms with Crippen molar-refractivity contribution in [2.24, 2.45) is 0 Å². The quantitative estimate of drug-likeness (QED) is 0.177. The van der Waals surface area contributed by atoms with E-state index in [1.807, 2.05) is 30.3 Å². The Morgan fingerprint density at radius 3 is 2.28 bits per heavy atom. The van der Waals surface area contributed by atoms with Crippen LogP contribution in [0, 0.1) is 10.1 Å². The smallest absolute Gasteiger partial charge is 0.269 e. The molecule has 0 radical (unpaired) electrons. The van der Waals surface area contributed by atoms with E-state index in [2.05, 4.69) is 5.10 Å². The van der Waals surface area contributed by atoms with Gasteiger partial charge in [0.2, 0.25) is 0 Å². The summed E-state index contributed by atoms with van der Waals surface area (Å²) in [7, 11) is 0. The van der Waals surface area contributed by atoms with Gasteiger partial charge < -0.3 is 5.11 Å². The van der Waals surface area contributed by atoms with E-state index in [9.17, 15) is 20.0 Å². The van der Waals surface area contributed by atoms with Gasteiger partial charge in [-0.05, 0) is 60.7 Å². The van der Waals surface area contributed by atoms with Crippen LogP contribution in [0.1, 0.15) is 15.9 Å². The Bertz CT molecular complexity index is 1310. The van der Waals surface area contributed by atoms with Crippen LogP contribution >= 0.6 is 11.6 Å². The number of aromatic nitrogens is 2. The third-order valence-corrected chi connectivity index (χ3v) is 5.13. The fraction of sp³-hybridized carbons (Fsp3) is 0. The van der Waals surface area contributed by atoms with Crippen LogP contribution < -0.4 is 0 Å². The van der Waals surface area contributed by atoms with Crippen LogP contribution in [0.15, 0.2) is 84.9 Å². The Balaban J connectivity index is 1.78. The van der Waals surface area contributed by atoms with Gasteiger partial charge in [-0.15, -0.1) is 0 Å². The number of rotatable bonds is 6. The van der Waals surface area contributed by atoms with Crippen LogP contribution in [0.3, 0.4) is 0 Å². The van der Waals surface area contributed by atoms with E-state index in [1.165, 1.54) is 42.5 Å². The third kappa shape index (κ3) is 4.28. The first kappa shape index (κ1) is 21.0. The van der Waals surface area contributed by atoms with Gasteiger partial charge in [0.15, 0.2) is 5.78 Å². The van der Waals surface area contributed by atoms with E-state index in [4.69, 9.17) is 11.6 Å². The largest absolute Gasteiger partial charge is 0.508 e. The lowest BCUT2D eigenvalue weighted by Gasteiger charge is -2.01. The number of nitrogens with zero attached hydrogens (tertiary/aromatic N) is 3. The van der Waals surface area contributed by atoms with Gasteiger partial charge in [-0.2, -0.15) is 5.10 Å². The number of para-hydroxylation sites is 1. The predicted octanol–water partition coefficient (Wildman–Crippen LogP) is 5.70. The van der Waals surface area contributed by atoms with Crippen molar-refractivity contribution < 1.29 is 14.8 Å². The lowest BCUT2D eigenvalue weighted by molar-refractivity contribution is -0.384. The first-order valence-electron chi connectivity index (χ1n) is 9.54. The molecule has 0 bridgehead atoms. The van der Waals surface area contributed by atoms with Crippen LogP contribution in [0.4, 0.5) is 5.69 Å². The second-order valence-corrected chi connectivity index (χ2v) is 7.21. The number of hydrogen-bond acceptors (Lipinski definition) is 5. The summed E-state index contributed by atoms with van der Waals surface area (Å²) in [6.07, 6.45) is 2.94. The van der Waals surface area contributed by atoms with Crippen molar-refractivity contribution in [3.8, 4) is 22.7 Å². The highest BCUT2D eigenvalue weighted by atomic mass is 35.5. The Labute approximate surface area is 188 Å². The summed E-state index contributed by atoms with van der Waals surface area (Å²) >= 11 is 6.64. The second-order valence-electron chi connectivity index (χ2n) is 6.85. The number of carbonyl (C=O) groups is 1. The fourth-order valence-corrected chi connectivity index (χ4v) is 3.42. The van der Waals surface area contributed by atoms with Crippen molar-refractivity contribution >= 4 is 29.1 Å². The Kier molecular flexibility index (Phi) is 5.83. The highest BCUT2D eigenvalue weighted by Gasteiger charge is 2.18. The molecule has 4 aromatic rings. The van der Waals surface area contributed by atoms with Gasteiger partial charge in [0.1, 0.15) is 16.6 Å². The molecular formula is C24H16ClN3O4. The lowest BCUT2D eigenvalue weighted by atomic mass is 10.1. The van der Waals surface area contributed by atoms with Crippen molar-refractivity contribution in [2.75, 3.05) is 0 Å². The molecule has 0 saturated heterocycles. The first-order chi connectivity index (χ1) is 15.4. The molecule has 1 heterocycles. The van der Waals surface area contributed by atoms with Crippen LogP contribution in [0.2, 0.25) is 5.15 Å². The van der Waals surface area contributed by atoms with Crippen LogP contribution in [0.25, 0.3) is 23.0 Å². The molecule has 0 aliphatic rings. The average molecular weight is 446 g/mol. The number of hydrogen-bond donors (Lipinski definition) is 1. The molecule has 0 saturated carbocycles. The molecule has 1 N–H and O–H groups in total. The minimum Gasteiger partial charge on any atom is -0.508 e. The number of aromatic hydroxyl groups is 1. The molecule has 32 heavy (non-hydrogen) atoms. The first-order valence-corrected chi connectivity index (χ1v) is 9.92. The minimum absolute atomic E-state index is 0.0399. The van der Waals surface area contributed by atoms with Gasteiger partial charge in [-0.1, -0.05) is 29.8 Å². The van der Waals surface area contributed by atoms with Crippen LogP contribution in [-0.2, 0) is 0 Å². The van der Waals surface area contributed by atoms with Gasteiger partial charge in [0, 0.05) is 28.8 Å². The Morgan fingerprint density at radius 1 is 1.00 bits per heavy atom. The van der Waals surface area contributed by atoms with Gasteiger partial charge >= 0.3 is 0 Å². The highest BCUT2D eigenvalue weighted by molar-refractivity contribution is 6.32. The maximum Gasteiger partial charge on any atom is 0.269 e.